The molecule has 21 heavy (non-hydrogen) atoms. The van der Waals surface area contributed by atoms with Crippen LogP contribution in [0.1, 0.15) is 32.6 Å². The average Bonchev–Trinajstić information content (AvgIpc) is 2.43. The summed E-state index contributed by atoms with van der Waals surface area (Å²) in [4.78, 5) is 22.2. The molecule has 8 nitrogen and oxygen atoms in total. The SMILES string of the molecule is COC(=O)CCC(NS(=O)(=O)N1CCC(C)CC1)C(=O)O. The van der Waals surface area contributed by atoms with E-state index in [2.05, 4.69) is 9.46 Å². The fraction of sp³-hybridized carbons (Fsp3) is 0.833. The number of nitrogens with one attached hydrogen (secondary N) is 1. The molecule has 1 atom stereocenters. The molecule has 1 saturated heterocycles. The van der Waals surface area contributed by atoms with Crippen LogP contribution in [-0.4, -0.2) is 56.0 Å². The van der Waals surface area contributed by atoms with Gasteiger partial charge in [-0.3, -0.25) is 9.59 Å². The number of carbonyl (C=O) groups excluding carboxylic acids is 1. The highest BCUT2D eigenvalue weighted by molar-refractivity contribution is 7.87. The summed E-state index contributed by atoms with van der Waals surface area (Å²) in [7, 11) is -2.66. The second kappa shape index (κ2) is 7.71. The number of methoxy groups -OCH3 is 1. The molecule has 0 aliphatic carbocycles. The highest BCUT2D eigenvalue weighted by atomic mass is 32.2. The number of aliphatic carboxylic acids is 1. The second-order valence-electron chi connectivity index (χ2n) is 5.21. The predicted molar refractivity (Wildman–Crippen MR) is 74.7 cm³/mol. The van der Waals surface area contributed by atoms with Crippen molar-refractivity contribution < 1.29 is 27.9 Å². The number of carboxylic acids is 1. The Morgan fingerprint density at radius 2 is 1.95 bits per heavy atom. The zero-order valence-corrected chi connectivity index (χ0v) is 13.1. The van der Waals surface area contributed by atoms with E-state index in [-0.39, 0.29) is 12.8 Å². The van der Waals surface area contributed by atoms with Gasteiger partial charge in [0.2, 0.25) is 0 Å². The minimum Gasteiger partial charge on any atom is -0.480 e. The van der Waals surface area contributed by atoms with Crippen LogP contribution in [0, 0.1) is 5.92 Å². The highest BCUT2D eigenvalue weighted by Gasteiger charge is 2.31. The Balaban J connectivity index is 2.64. The summed E-state index contributed by atoms with van der Waals surface area (Å²) >= 11 is 0. The van der Waals surface area contributed by atoms with Crippen molar-refractivity contribution in [2.24, 2.45) is 5.92 Å². The largest absolute Gasteiger partial charge is 0.480 e. The molecular formula is C12H22N2O6S. The number of hydrogen-bond donors (Lipinski definition) is 2. The minimum absolute atomic E-state index is 0.147. The molecule has 1 fully saturated rings. The number of rotatable bonds is 7. The molecule has 1 unspecified atom stereocenters. The van der Waals surface area contributed by atoms with Gasteiger partial charge in [0.25, 0.3) is 10.2 Å². The lowest BCUT2D eigenvalue weighted by Crippen LogP contribution is -2.50. The highest BCUT2D eigenvalue weighted by Crippen LogP contribution is 2.18. The third kappa shape index (κ3) is 5.60. The topological polar surface area (TPSA) is 113 Å². The summed E-state index contributed by atoms with van der Waals surface area (Å²) in [5, 5.41) is 9.07. The van der Waals surface area contributed by atoms with Crippen molar-refractivity contribution in [2.45, 2.75) is 38.6 Å². The molecule has 1 aliphatic rings. The summed E-state index contributed by atoms with van der Waals surface area (Å²) in [5.41, 5.74) is 0. The number of hydrogen-bond acceptors (Lipinski definition) is 5. The molecule has 0 aromatic heterocycles. The van der Waals surface area contributed by atoms with Gasteiger partial charge in [-0.05, 0) is 25.2 Å². The molecule has 9 heteroatoms. The Kier molecular flexibility index (Phi) is 6.56. The van der Waals surface area contributed by atoms with Crippen LogP contribution < -0.4 is 4.72 Å². The van der Waals surface area contributed by atoms with Crippen LogP contribution in [0.2, 0.25) is 0 Å². The number of nitrogens with zero attached hydrogens (tertiary/aromatic N) is 1. The summed E-state index contributed by atoms with van der Waals surface area (Å²) in [5.74, 6) is -1.42. The zero-order chi connectivity index (χ0) is 16.0. The number of carbonyl (C=O) groups is 2. The van der Waals surface area contributed by atoms with Gasteiger partial charge >= 0.3 is 11.9 Å². The van der Waals surface area contributed by atoms with Crippen LogP contribution in [0.4, 0.5) is 0 Å². The van der Waals surface area contributed by atoms with Crippen LogP contribution in [0.25, 0.3) is 0 Å². The van der Waals surface area contributed by atoms with E-state index >= 15 is 0 Å². The minimum atomic E-state index is -3.86. The molecule has 2 N–H and O–H groups in total. The first kappa shape index (κ1) is 17.9. The molecule has 0 amide bonds. The summed E-state index contributed by atoms with van der Waals surface area (Å²) in [6.45, 7) is 2.80. The van der Waals surface area contributed by atoms with Gasteiger partial charge in [0.1, 0.15) is 6.04 Å². The van der Waals surface area contributed by atoms with Crippen molar-refractivity contribution in [3.05, 3.63) is 0 Å². The lowest BCUT2D eigenvalue weighted by molar-refractivity contribution is -0.142. The Bertz CT molecular complexity index is 470. The maximum absolute atomic E-state index is 12.2. The average molecular weight is 322 g/mol. The van der Waals surface area contributed by atoms with E-state index in [1.807, 2.05) is 6.92 Å². The van der Waals surface area contributed by atoms with E-state index in [4.69, 9.17) is 5.11 Å². The number of carboxylic acid groups (broad SMARTS) is 1. The van der Waals surface area contributed by atoms with Crippen molar-refractivity contribution in [1.29, 1.82) is 0 Å². The van der Waals surface area contributed by atoms with Crippen molar-refractivity contribution in [1.82, 2.24) is 9.03 Å². The first-order chi connectivity index (χ1) is 9.76. The Hall–Kier alpha value is -1.19. The molecule has 0 saturated carbocycles. The standard InChI is InChI=1S/C12H22N2O6S/c1-9-5-7-14(8-6-9)21(18,19)13-10(12(16)17)3-4-11(15)20-2/h9-10,13H,3-8H2,1-2H3,(H,16,17). The molecule has 0 bridgehead atoms. The summed E-state index contributed by atoms with van der Waals surface area (Å²) in [6.07, 6.45) is 1.19. The maximum Gasteiger partial charge on any atom is 0.321 e. The molecule has 0 spiro atoms. The molecule has 0 aromatic rings. The Labute approximate surface area is 124 Å². The molecule has 1 heterocycles. The maximum atomic E-state index is 12.2. The lowest BCUT2D eigenvalue weighted by Gasteiger charge is -2.30. The van der Waals surface area contributed by atoms with Crippen LogP contribution in [0.5, 0.6) is 0 Å². The first-order valence-corrected chi connectivity index (χ1v) is 8.27. The van der Waals surface area contributed by atoms with Crippen molar-refractivity contribution in [2.75, 3.05) is 20.2 Å². The number of esters is 1. The Morgan fingerprint density at radius 1 is 1.38 bits per heavy atom. The molecule has 122 valence electrons. The molecule has 1 aliphatic heterocycles. The monoisotopic (exact) mass is 322 g/mol. The van der Waals surface area contributed by atoms with Crippen LogP contribution >= 0.6 is 0 Å². The second-order valence-corrected chi connectivity index (χ2v) is 6.91. The van der Waals surface area contributed by atoms with Crippen molar-refractivity contribution in [3.8, 4) is 0 Å². The Morgan fingerprint density at radius 3 is 2.43 bits per heavy atom. The molecule has 0 aromatic carbocycles. The van der Waals surface area contributed by atoms with E-state index in [0.29, 0.717) is 19.0 Å². The summed E-state index contributed by atoms with van der Waals surface area (Å²) in [6, 6.07) is -1.34. The van der Waals surface area contributed by atoms with E-state index < -0.39 is 28.2 Å². The molecular weight excluding hydrogens is 300 g/mol. The number of piperidine rings is 1. The van der Waals surface area contributed by atoms with Gasteiger partial charge in [-0.25, -0.2) is 0 Å². The third-order valence-corrected chi connectivity index (χ3v) is 5.16. The van der Waals surface area contributed by atoms with Crippen LogP contribution in [-0.2, 0) is 24.5 Å². The fourth-order valence-corrected chi connectivity index (χ4v) is 3.50. The van der Waals surface area contributed by atoms with Gasteiger partial charge < -0.3 is 9.84 Å². The van der Waals surface area contributed by atoms with Crippen molar-refractivity contribution >= 4 is 22.1 Å². The smallest absolute Gasteiger partial charge is 0.321 e. The first-order valence-electron chi connectivity index (χ1n) is 6.83. The van der Waals surface area contributed by atoms with Crippen molar-refractivity contribution in [3.63, 3.8) is 0 Å². The third-order valence-electron chi connectivity index (χ3n) is 3.54. The fourth-order valence-electron chi connectivity index (χ4n) is 2.08. The van der Waals surface area contributed by atoms with Gasteiger partial charge in [-0.2, -0.15) is 17.4 Å². The lowest BCUT2D eigenvalue weighted by atomic mass is 10.0. The van der Waals surface area contributed by atoms with Crippen LogP contribution in [0.15, 0.2) is 0 Å². The predicted octanol–water partition coefficient (Wildman–Crippen LogP) is -0.0409. The number of ether oxygens (including phenoxy) is 1. The van der Waals surface area contributed by atoms with Gasteiger partial charge in [0, 0.05) is 19.5 Å². The van der Waals surface area contributed by atoms with E-state index in [1.165, 1.54) is 11.4 Å². The summed E-state index contributed by atoms with van der Waals surface area (Å²) < 4.78 is 32.1. The van der Waals surface area contributed by atoms with Gasteiger partial charge in [0.05, 0.1) is 7.11 Å². The molecule has 0 radical (unpaired) electrons. The van der Waals surface area contributed by atoms with E-state index in [9.17, 15) is 18.0 Å². The van der Waals surface area contributed by atoms with Gasteiger partial charge in [0.15, 0.2) is 0 Å². The van der Waals surface area contributed by atoms with E-state index in [1.54, 1.807) is 0 Å². The normalized spacial score (nSPS) is 19.1. The quantitative estimate of drug-likeness (QED) is 0.636. The zero-order valence-electron chi connectivity index (χ0n) is 12.2. The van der Waals surface area contributed by atoms with E-state index in [0.717, 1.165) is 12.8 Å². The van der Waals surface area contributed by atoms with Gasteiger partial charge in [-0.15, -0.1) is 0 Å². The van der Waals surface area contributed by atoms with Crippen LogP contribution in [0.3, 0.4) is 0 Å². The van der Waals surface area contributed by atoms with Gasteiger partial charge in [-0.1, -0.05) is 6.92 Å². The molecule has 1 rings (SSSR count).